The second-order valence-corrected chi connectivity index (χ2v) is 7.64. The topological polar surface area (TPSA) is 105 Å². The van der Waals surface area contributed by atoms with Gasteiger partial charge in [0.05, 0.1) is 16.5 Å². The molecule has 0 spiro atoms. The van der Waals surface area contributed by atoms with Crippen LogP contribution in [0.5, 0.6) is 0 Å². The number of rotatable bonds is 9. The van der Waals surface area contributed by atoms with Crippen molar-refractivity contribution in [2.24, 2.45) is 0 Å². The van der Waals surface area contributed by atoms with Crippen molar-refractivity contribution in [3.05, 3.63) is 69.8 Å². The summed E-state index contributed by atoms with van der Waals surface area (Å²) in [5, 5.41) is 16.6. The van der Waals surface area contributed by atoms with Gasteiger partial charge in [-0.1, -0.05) is 24.3 Å². The molecule has 0 saturated carbocycles. The molecule has 2 amide bonds. The molecule has 2 aromatic rings. The lowest BCUT2D eigenvalue weighted by atomic mass is 10.0. The molecule has 11 heteroatoms. The zero-order valence-electron chi connectivity index (χ0n) is 17.6. The molecule has 0 aliphatic carbocycles. The van der Waals surface area contributed by atoms with Crippen LogP contribution >= 0.6 is 0 Å². The van der Waals surface area contributed by atoms with Crippen LogP contribution < -0.4 is 10.6 Å². The van der Waals surface area contributed by atoms with Gasteiger partial charge in [-0.3, -0.25) is 19.7 Å². The smallest absolute Gasteiger partial charge is 0.379 e. The van der Waals surface area contributed by atoms with Gasteiger partial charge < -0.3 is 15.5 Å². The van der Waals surface area contributed by atoms with Crippen LogP contribution in [0.25, 0.3) is 0 Å². The first-order valence-corrected chi connectivity index (χ1v) is 10.4. The number of likely N-dealkylation sites (tertiary alicyclic amines) is 1. The fourth-order valence-electron chi connectivity index (χ4n) is 3.64. The highest BCUT2D eigenvalue weighted by Gasteiger charge is 2.32. The maximum atomic E-state index is 13.2. The molecule has 1 saturated heterocycles. The van der Waals surface area contributed by atoms with E-state index in [2.05, 4.69) is 10.6 Å². The maximum absolute atomic E-state index is 13.2. The summed E-state index contributed by atoms with van der Waals surface area (Å²) >= 11 is 0. The third-order valence-electron chi connectivity index (χ3n) is 5.29. The zero-order chi connectivity index (χ0) is 24.0. The lowest BCUT2D eigenvalue weighted by Gasteiger charge is -2.26. The van der Waals surface area contributed by atoms with Crippen molar-refractivity contribution in [1.82, 2.24) is 10.2 Å². The van der Waals surface area contributed by atoms with Crippen molar-refractivity contribution >= 4 is 23.2 Å². The Morgan fingerprint density at radius 3 is 2.61 bits per heavy atom. The quantitative estimate of drug-likeness (QED) is 0.433. The molecule has 1 heterocycles. The fourth-order valence-corrected chi connectivity index (χ4v) is 3.64. The van der Waals surface area contributed by atoms with Crippen LogP contribution in [0.2, 0.25) is 0 Å². The summed E-state index contributed by atoms with van der Waals surface area (Å²) < 4.78 is 39.5. The van der Waals surface area contributed by atoms with E-state index in [1.54, 1.807) is 6.07 Å². The number of benzene rings is 2. The van der Waals surface area contributed by atoms with Gasteiger partial charge in [-0.15, -0.1) is 0 Å². The number of halogens is 3. The largest absolute Gasteiger partial charge is 0.416 e. The average molecular weight is 464 g/mol. The van der Waals surface area contributed by atoms with E-state index >= 15 is 0 Å². The lowest BCUT2D eigenvalue weighted by Crippen LogP contribution is -2.39. The van der Waals surface area contributed by atoms with Gasteiger partial charge >= 0.3 is 6.18 Å². The van der Waals surface area contributed by atoms with E-state index in [0.29, 0.717) is 19.4 Å². The standard InChI is InChI=1S/C22H23F3N4O4/c23-22(24,25)16-6-3-5-15(13-16)18(14-28-12-4-9-21(28)31)27-20(30)10-11-26-17-7-1-2-8-19(17)29(32)33/h1-3,5-8,13,18,26H,4,9-12,14H2,(H,27,30). The van der Waals surface area contributed by atoms with E-state index in [4.69, 9.17) is 0 Å². The number of hydrogen-bond donors (Lipinski definition) is 2. The Balaban J connectivity index is 1.69. The van der Waals surface area contributed by atoms with Gasteiger partial charge in [0.15, 0.2) is 0 Å². The van der Waals surface area contributed by atoms with E-state index in [9.17, 15) is 32.9 Å². The molecule has 176 valence electrons. The van der Waals surface area contributed by atoms with E-state index in [1.165, 1.54) is 35.2 Å². The minimum Gasteiger partial charge on any atom is -0.379 e. The molecule has 2 aromatic carbocycles. The summed E-state index contributed by atoms with van der Waals surface area (Å²) in [6.07, 6.45) is -3.59. The van der Waals surface area contributed by atoms with Gasteiger partial charge in [0.1, 0.15) is 5.69 Å². The Kier molecular flexibility index (Phi) is 7.52. The summed E-state index contributed by atoms with van der Waals surface area (Å²) in [6, 6.07) is 9.82. The summed E-state index contributed by atoms with van der Waals surface area (Å²) in [5.74, 6) is -0.575. The van der Waals surface area contributed by atoms with Gasteiger partial charge in [-0.25, -0.2) is 0 Å². The Bertz CT molecular complexity index is 1030. The predicted molar refractivity (Wildman–Crippen MR) is 114 cm³/mol. The first kappa shape index (κ1) is 24.0. The van der Waals surface area contributed by atoms with Gasteiger partial charge in [-0.05, 0) is 30.2 Å². The number of nitro groups is 1. The van der Waals surface area contributed by atoms with Crippen LogP contribution in [-0.2, 0) is 15.8 Å². The van der Waals surface area contributed by atoms with Crippen LogP contribution in [0.4, 0.5) is 24.5 Å². The van der Waals surface area contributed by atoms with Gasteiger partial charge in [0.2, 0.25) is 11.8 Å². The predicted octanol–water partition coefficient (Wildman–Crippen LogP) is 3.90. The number of carbonyl (C=O) groups is 2. The minimum atomic E-state index is -4.54. The van der Waals surface area contributed by atoms with Crippen molar-refractivity contribution in [1.29, 1.82) is 0 Å². The second-order valence-electron chi connectivity index (χ2n) is 7.64. The molecule has 1 atom stereocenters. The molecule has 0 radical (unpaired) electrons. The molecule has 0 bridgehead atoms. The lowest BCUT2D eigenvalue weighted by molar-refractivity contribution is -0.384. The molecule has 1 aliphatic rings. The van der Waals surface area contributed by atoms with E-state index in [-0.39, 0.29) is 42.4 Å². The second kappa shape index (κ2) is 10.3. The number of hydrogen-bond acceptors (Lipinski definition) is 5. The number of anilines is 1. The third kappa shape index (κ3) is 6.43. The highest BCUT2D eigenvalue weighted by Crippen LogP contribution is 2.31. The number of nitro benzene ring substituents is 1. The van der Waals surface area contributed by atoms with Gasteiger partial charge in [-0.2, -0.15) is 13.2 Å². The number of carbonyl (C=O) groups excluding carboxylic acids is 2. The zero-order valence-corrected chi connectivity index (χ0v) is 17.6. The molecule has 1 unspecified atom stereocenters. The molecule has 1 fully saturated rings. The average Bonchev–Trinajstić information content (AvgIpc) is 3.17. The summed E-state index contributed by atoms with van der Waals surface area (Å²) in [5.41, 5.74) is -0.478. The van der Waals surface area contributed by atoms with Crippen LogP contribution in [0, 0.1) is 10.1 Å². The summed E-state index contributed by atoms with van der Waals surface area (Å²) in [6.45, 7) is 0.613. The SMILES string of the molecule is O=C(CCNc1ccccc1[N+](=O)[O-])NC(CN1CCCC1=O)c1cccc(C(F)(F)F)c1. The first-order chi connectivity index (χ1) is 15.6. The number of alkyl halides is 3. The number of nitrogens with zero attached hydrogens (tertiary/aromatic N) is 2. The molecule has 2 N–H and O–H groups in total. The van der Waals surface area contributed by atoms with Gasteiger partial charge in [0, 0.05) is 38.5 Å². The van der Waals surface area contributed by atoms with Crippen molar-refractivity contribution in [3.8, 4) is 0 Å². The minimum absolute atomic E-state index is 0.0590. The Labute approximate surface area is 187 Å². The molecule has 1 aliphatic heterocycles. The molecule has 8 nitrogen and oxygen atoms in total. The Morgan fingerprint density at radius 1 is 1.18 bits per heavy atom. The first-order valence-electron chi connectivity index (χ1n) is 10.4. The van der Waals surface area contributed by atoms with E-state index in [1.807, 2.05) is 0 Å². The van der Waals surface area contributed by atoms with Gasteiger partial charge in [0.25, 0.3) is 5.69 Å². The van der Waals surface area contributed by atoms with Crippen LogP contribution in [-0.4, -0.2) is 41.3 Å². The number of para-hydroxylation sites is 2. The van der Waals surface area contributed by atoms with Crippen molar-refractivity contribution in [3.63, 3.8) is 0 Å². The molecule has 33 heavy (non-hydrogen) atoms. The Hall–Kier alpha value is -3.63. The molecule has 3 rings (SSSR count). The fraction of sp³-hybridized carbons (Fsp3) is 0.364. The highest BCUT2D eigenvalue weighted by atomic mass is 19.4. The van der Waals surface area contributed by atoms with Crippen molar-refractivity contribution < 1.29 is 27.7 Å². The number of nitrogens with one attached hydrogen (secondary N) is 2. The molecule has 0 aromatic heterocycles. The van der Waals surface area contributed by atoms with Crippen molar-refractivity contribution in [2.45, 2.75) is 31.5 Å². The molecular weight excluding hydrogens is 441 g/mol. The maximum Gasteiger partial charge on any atom is 0.416 e. The van der Waals surface area contributed by atoms with Crippen molar-refractivity contribution in [2.75, 3.05) is 25.0 Å². The third-order valence-corrected chi connectivity index (χ3v) is 5.29. The van der Waals surface area contributed by atoms with Crippen LogP contribution in [0.15, 0.2) is 48.5 Å². The van der Waals surface area contributed by atoms with Crippen LogP contribution in [0.1, 0.15) is 36.4 Å². The Morgan fingerprint density at radius 2 is 1.94 bits per heavy atom. The summed E-state index contributed by atoms with van der Waals surface area (Å²) in [7, 11) is 0. The van der Waals surface area contributed by atoms with Crippen LogP contribution in [0.3, 0.4) is 0 Å². The number of amides is 2. The van der Waals surface area contributed by atoms with E-state index < -0.39 is 28.6 Å². The van der Waals surface area contributed by atoms with E-state index in [0.717, 1.165) is 12.1 Å². The highest BCUT2D eigenvalue weighted by molar-refractivity contribution is 5.79. The monoisotopic (exact) mass is 464 g/mol. The normalized spacial score (nSPS) is 14.8. The molecular formula is C22H23F3N4O4. The summed E-state index contributed by atoms with van der Waals surface area (Å²) in [4.78, 5) is 36.7.